The van der Waals surface area contributed by atoms with Crippen molar-refractivity contribution in [3.05, 3.63) is 0 Å². The summed E-state index contributed by atoms with van der Waals surface area (Å²) < 4.78 is 34.0. The number of nitrogens with zero attached hydrogens (tertiary/aromatic N) is 1. The minimum atomic E-state index is -4.31. The summed E-state index contributed by atoms with van der Waals surface area (Å²) in [5.41, 5.74) is -0.276. The lowest BCUT2D eigenvalue weighted by atomic mass is 9.41. The van der Waals surface area contributed by atoms with E-state index in [0.29, 0.717) is 32.4 Å². The summed E-state index contributed by atoms with van der Waals surface area (Å²) in [6, 6.07) is 0. The molecule has 5 rings (SSSR count). The third kappa shape index (κ3) is 4.97. The zero-order valence-corrected chi connectivity index (χ0v) is 25.7. The monoisotopic (exact) mass is 582 g/mol. The third-order valence-corrected chi connectivity index (χ3v) is 14.6. The second-order valence-electron chi connectivity index (χ2n) is 14.8. The summed E-state index contributed by atoms with van der Waals surface area (Å²) >= 11 is 0. The Balaban J connectivity index is 1.28. The Morgan fingerprint density at radius 1 is 1.00 bits per heavy atom. The van der Waals surface area contributed by atoms with Crippen molar-refractivity contribution in [3.8, 4) is 0 Å². The number of hydrogen-bond acceptors (Lipinski definition) is 7. The van der Waals surface area contributed by atoms with Crippen LogP contribution in [0.5, 0.6) is 0 Å². The maximum absolute atomic E-state index is 13.0. The molecule has 1 saturated heterocycles. The Bertz CT molecular complexity index is 1040. The molecule has 4 aliphatic carbocycles. The van der Waals surface area contributed by atoms with Crippen molar-refractivity contribution in [2.75, 3.05) is 13.1 Å². The molecule has 0 spiro atoms. The number of carbonyl (C=O) groups excluding carboxylic acids is 1. The Morgan fingerprint density at radius 3 is 2.30 bits per heavy atom. The molecule has 12 atom stereocenters. The number of aliphatic hydroxyl groups excluding tert-OH is 3. The number of fused-ring (bicyclic) bond motifs is 5. The second-order valence-corrected chi connectivity index (χ2v) is 16.4. The van der Waals surface area contributed by atoms with Gasteiger partial charge in [-0.3, -0.25) is 4.79 Å². The number of likely N-dealkylation sites (tertiary alicyclic amines) is 1. The van der Waals surface area contributed by atoms with Crippen molar-refractivity contribution in [3.63, 3.8) is 0 Å². The smallest absolute Gasteiger partial charge is 0.222 e. The fraction of sp³-hybridized carbons (Fsp3) is 0.968. The summed E-state index contributed by atoms with van der Waals surface area (Å²) in [7, 11) is -4.31. The van der Waals surface area contributed by atoms with Crippen LogP contribution in [0.3, 0.4) is 0 Å². The first-order chi connectivity index (χ1) is 18.7. The lowest BCUT2D eigenvalue weighted by Crippen LogP contribution is -2.65. The van der Waals surface area contributed by atoms with Gasteiger partial charge in [0.1, 0.15) is 0 Å². The maximum Gasteiger partial charge on any atom is 0.222 e. The van der Waals surface area contributed by atoms with E-state index >= 15 is 0 Å². The molecule has 0 unspecified atom stereocenters. The third-order valence-electron chi connectivity index (χ3n) is 13.3. The molecule has 0 aromatic carbocycles. The van der Waals surface area contributed by atoms with Crippen LogP contribution < -0.4 is 0 Å². The van der Waals surface area contributed by atoms with Gasteiger partial charge in [-0.1, -0.05) is 34.1 Å². The molecule has 1 heterocycles. The highest BCUT2D eigenvalue weighted by molar-refractivity contribution is 7.86. The van der Waals surface area contributed by atoms with E-state index in [-0.39, 0.29) is 77.1 Å². The highest BCUT2D eigenvalue weighted by atomic mass is 32.2. The molecule has 4 saturated carbocycles. The van der Waals surface area contributed by atoms with Crippen LogP contribution in [0.2, 0.25) is 0 Å². The molecule has 5 fully saturated rings. The van der Waals surface area contributed by atoms with Gasteiger partial charge in [0.15, 0.2) is 0 Å². The van der Waals surface area contributed by atoms with Gasteiger partial charge in [-0.2, -0.15) is 0 Å². The molecule has 230 valence electrons. The highest BCUT2D eigenvalue weighted by Gasteiger charge is 2.67. The fourth-order valence-corrected chi connectivity index (χ4v) is 11.8. The number of rotatable bonds is 6. The van der Waals surface area contributed by atoms with Gasteiger partial charge in [0.05, 0.1) is 33.7 Å². The minimum absolute atomic E-state index is 0.0181. The van der Waals surface area contributed by atoms with Gasteiger partial charge < -0.3 is 24.8 Å². The SMILES string of the molecule is CC[C@H]1[C@@H](O)[C@@H]2[C@H](C[C@H](O)[C@]3(C)[C@@H]([C@H](C)CCC(=O)N4CCC(S(=O)(=O)[O-])CC4)CC[C@@H]23)[C@@]2(C)CC[C@@H](O)C[C@@H]12. The molecular formula is C31H52NO7S-. The van der Waals surface area contributed by atoms with Gasteiger partial charge >= 0.3 is 0 Å². The van der Waals surface area contributed by atoms with Gasteiger partial charge in [0.2, 0.25) is 5.91 Å². The number of carbonyl (C=O) groups is 1. The first-order valence-electron chi connectivity index (χ1n) is 16.0. The molecule has 1 aliphatic heterocycles. The van der Waals surface area contributed by atoms with Crippen LogP contribution in [0.4, 0.5) is 0 Å². The van der Waals surface area contributed by atoms with Crippen molar-refractivity contribution < 1.29 is 33.1 Å². The molecule has 40 heavy (non-hydrogen) atoms. The molecule has 0 bridgehead atoms. The average Bonchev–Trinajstić information content (AvgIpc) is 3.27. The van der Waals surface area contributed by atoms with Crippen molar-refractivity contribution >= 4 is 16.0 Å². The lowest BCUT2D eigenvalue weighted by Gasteiger charge is -2.65. The van der Waals surface area contributed by atoms with Crippen LogP contribution in [-0.4, -0.2) is 75.7 Å². The second kappa shape index (κ2) is 11.1. The molecule has 9 heteroatoms. The van der Waals surface area contributed by atoms with Gasteiger partial charge in [0, 0.05) is 19.5 Å². The average molecular weight is 583 g/mol. The van der Waals surface area contributed by atoms with Crippen LogP contribution >= 0.6 is 0 Å². The Morgan fingerprint density at radius 2 is 1.68 bits per heavy atom. The molecular weight excluding hydrogens is 530 g/mol. The van der Waals surface area contributed by atoms with E-state index < -0.39 is 27.6 Å². The van der Waals surface area contributed by atoms with Crippen molar-refractivity contribution in [1.82, 2.24) is 4.90 Å². The summed E-state index contributed by atoms with van der Waals surface area (Å²) in [5, 5.41) is 33.4. The predicted octanol–water partition coefficient (Wildman–Crippen LogP) is 3.54. The van der Waals surface area contributed by atoms with Crippen molar-refractivity contribution in [1.29, 1.82) is 0 Å². The standard InChI is InChI=1S/C31H53NO7S/c1-5-21-24-16-19(33)10-13-30(24,3)25-17-26(34)31(4)22(7-8-23(31)28(25)29(21)36)18(2)6-9-27(35)32-14-11-20(12-15-32)40(37,38)39/h18-26,28-29,33-34,36H,5-17H2,1-4H3,(H,37,38,39)/p-1/t18-,19-,21-,22-,23+,24+,25+,26+,28+,29-,30+,31-/m1/s1. The molecule has 5 aliphatic rings. The van der Waals surface area contributed by atoms with Crippen LogP contribution in [0.25, 0.3) is 0 Å². The maximum atomic E-state index is 13.0. The van der Waals surface area contributed by atoms with Crippen LogP contribution in [0.1, 0.15) is 98.3 Å². The normalized spacial score (nSPS) is 46.8. The summed E-state index contributed by atoms with van der Waals surface area (Å²) in [4.78, 5) is 14.7. The zero-order chi connectivity index (χ0) is 29.2. The number of piperidine rings is 1. The van der Waals surface area contributed by atoms with E-state index in [9.17, 15) is 33.1 Å². The van der Waals surface area contributed by atoms with Crippen LogP contribution in [0.15, 0.2) is 0 Å². The summed E-state index contributed by atoms with van der Waals surface area (Å²) in [6.07, 6.45) is 6.48. The van der Waals surface area contributed by atoms with E-state index in [0.717, 1.165) is 38.5 Å². The first-order valence-corrected chi connectivity index (χ1v) is 17.5. The summed E-state index contributed by atoms with van der Waals surface area (Å²) in [6.45, 7) is 9.63. The molecule has 0 radical (unpaired) electrons. The van der Waals surface area contributed by atoms with Gasteiger partial charge in [-0.05, 0) is 110 Å². The minimum Gasteiger partial charge on any atom is -0.748 e. The molecule has 3 N–H and O–H groups in total. The molecule has 0 aromatic heterocycles. The van der Waals surface area contributed by atoms with Gasteiger partial charge in [-0.25, -0.2) is 8.42 Å². The lowest BCUT2D eigenvalue weighted by molar-refractivity contribution is -0.228. The van der Waals surface area contributed by atoms with E-state index in [4.69, 9.17) is 0 Å². The number of amides is 1. The Kier molecular flexibility index (Phi) is 8.50. The quantitative estimate of drug-likeness (QED) is 0.407. The summed E-state index contributed by atoms with van der Waals surface area (Å²) in [5.74, 6) is 1.64. The molecule has 1 amide bonds. The number of aliphatic hydroxyl groups is 3. The van der Waals surface area contributed by atoms with E-state index in [1.54, 1.807) is 4.90 Å². The van der Waals surface area contributed by atoms with Gasteiger partial charge in [-0.15, -0.1) is 0 Å². The number of hydrogen-bond donors (Lipinski definition) is 3. The predicted molar refractivity (Wildman–Crippen MR) is 151 cm³/mol. The topological polar surface area (TPSA) is 138 Å². The Labute approximate surface area is 241 Å². The van der Waals surface area contributed by atoms with Gasteiger partial charge in [0.25, 0.3) is 0 Å². The highest BCUT2D eigenvalue weighted by Crippen LogP contribution is 2.69. The van der Waals surface area contributed by atoms with E-state index in [1.807, 2.05) is 0 Å². The van der Waals surface area contributed by atoms with Crippen molar-refractivity contribution in [2.24, 2.45) is 52.3 Å². The Hall–Kier alpha value is -0.740. The fourth-order valence-electron chi connectivity index (χ4n) is 11.0. The molecule has 0 aromatic rings. The zero-order valence-electron chi connectivity index (χ0n) is 24.9. The van der Waals surface area contributed by atoms with E-state index in [2.05, 4.69) is 27.7 Å². The first kappa shape index (κ1) is 30.7. The molecule has 8 nitrogen and oxygen atoms in total. The van der Waals surface area contributed by atoms with Crippen LogP contribution in [0, 0.1) is 52.3 Å². The van der Waals surface area contributed by atoms with Crippen LogP contribution in [-0.2, 0) is 14.9 Å². The van der Waals surface area contributed by atoms with Crippen molar-refractivity contribution in [2.45, 2.75) is 122 Å². The van der Waals surface area contributed by atoms with E-state index in [1.165, 1.54) is 0 Å². The largest absolute Gasteiger partial charge is 0.748 e.